The molecule has 9 heteroatoms. The quantitative estimate of drug-likeness (QED) is 0.854. The van der Waals surface area contributed by atoms with Gasteiger partial charge in [-0.3, -0.25) is 0 Å². The highest BCUT2D eigenvalue weighted by atomic mass is 35.5. The van der Waals surface area contributed by atoms with Gasteiger partial charge >= 0.3 is 12.2 Å². The van der Waals surface area contributed by atoms with E-state index in [-0.39, 0.29) is 20.4 Å². The van der Waals surface area contributed by atoms with Crippen LogP contribution in [0.4, 0.5) is 13.2 Å². The molecular formula is C10H6Cl2F3N3O. The lowest BCUT2D eigenvalue weighted by Gasteiger charge is -2.05. The number of halogens is 5. The van der Waals surface area contributed by atoms with Crippen LogP contribution >= 0.6 is 23.2 Å². The van der Waals surface area contributed by atoms with Gasteiger partial charge in [0, 0.05) is 5.02 Å². The number of rotatable bonds is 2. The molecule has 0 aliphatic rings. The zero-order valence-electron chi connectivity index (χ0n) is 9.37. The first-order chi connectivity index (χ1) is 8.82. The van der Waals surface area contributed by atoms with E-state index in [1.54, 1.807) is 0 Å². The zero-order chi connectivity index (χ0) is 14.3. The summed E-state index contributed by atoms with van der Waals surface area (Å²) in [7, 11) is 0. The fourth-order valence-corrected chi connectivity index (χ4v) is 2.13. The Hall–Kier alpha value is -1.47. The predicted molar refractivity (Wildman–Crippen MR) is 63.8 cm³/mol. The van der Waals surface area contributed by atoms with Gasteiger partial charge in [-0.05, 0) is 19.1 Å². The van der Waals surface area contributed by atoms with Crippen molar-refractivity contribution in [2.45, 2.75) is 13.5 Å². The molecule has 1 aromatic carbocycles. The largest absolute Gasteiger partial charge is 0.355 e. The monoisotopic (exact) mass is 311 g/mol. The molecule has 0 N–H and O–H groups in total. The van der Waals surface area contributed by atoms with Crippen LogP contribution in [0.1, 0.15) is 12.4 Å². The smallest absolute Gasteiger partial charge is 0.245 e. The molecule has 0 unspecified atom stereocenters. The number of aryl methyl sites for hydroxylation is 1. The van der Waals surface area contributed by atoms with Crippen LogP contribution in [-0.2, 0) is 0 Å². The van der Waals surface area contributed by atoms with E-state index in [4.69, 9.17) is 23.2 Å². The van der Waals surface area contributed by atoms with Crippen LogP contribution in [0, 0.1) is 12.7 Å². The molecule has 2 aromatic rings. The minimum absolute atomic E-state index is 0.0179. The first-order valence-electron chi connectivity index (χ1n) is 4.94. The summed E-state index contributed by atoms with van der Waals surface area (Å²) < 4.78 is 39.7. The van der Waals surface area contributed by atoms with Gasteiger partial charge in [0.25, 0.3) is 0 Å². The second-order valence-electron chi connectivity index (χ2n) is 3.61. The standard InChI is InChI=1S/C10H6Cl2F3N3O/c1-4-16-18(10(19)17(4)9(14)15)8-6(12)2-5(11)3-7(8)13/h2-3,9H,1H3. The molecule has 1 aromatic heterocycles. The van der Waals surface area contributed by atoms with Crippen LogP contribution in [0.15, 0.2) is 16.9 Å². The number of aromatic nitrogens is 3. The minimum Gasteiger partial charge on any atom is -0.245 e. The molecule has 4 nitrogen and oxygen atoms in total. The van der Waals surface area contributed by atoms with Crippen molar-refractivity contribution in [3.05, 3.63) is 44.3 Å². The summed E-state index contributed by atoms with van der Waals surface area (Å²) in [5, 5.41) is 3.39. The summed E-state index contributed by atoms with van der Waals surface area (Å²) >= 11 is 11.3. The molecule has 102 valence electrons. The van der Waals surface area contributed by atoms with Crippen LogP contribution in [0.2, 0.25) is 10.0 Å². The first kappa shape index (κ1) is 14.0. The molecule has 1 heterocycles. The number of hydrogen-bond donors (Lipinski definition) is 0. The Morgan fingerprint density at radius 2 is 1.95 bits per heavy atom. The van der Waals surface area contributed by atoms with E-state index in [1.807, 2.05) is 0 Å². The molecule has 0 aliphatic heterocycles. The summed E-state index contributed by atoms with van der Waals surface area (Å²) in [4.78, 5) is 11.7. The van der Waals surface area contributed by atoms with Crippen molar-refractivity contribution in [2.24, 2.45) is 0 Å². The van der Waals surface area contributed by atoms with Crippen molar-refractivity contribution in [1.29, 1.82) is 0 Å². The average Bonchev–Trinajstić information content (AvgIpc) is 2.52. The van der Waals surface area contributed by atoms with Gasteiger partial charge in [0.1, 0.15) is 11.5 Å². The van der Waals surface area contributed by atoms with Crippen LogP contribution in [0.3, 0.4) is 0 Å². The highest BCUT2D eigenvalue weighted by Crippen LogP contribution is 2.26. The minimum atomic E-state index is -3.07. The molecule has 19 heavy (non-hydrogen) atoms. The fraction of sp³-hybridized carbons (Fsp3) is 0.200. The van der Waals surface area contributed by atoms with Gasteiger partial charge in [0.05, 0.1) is 5.02 Å². The van der Waals surface area contributed by atoms with E-state index in [9.17, 15) is 18.0 Å². The maximum atomic E-state index is 13.8. The van der Waals surface area contributed by atoms with Gasteiger partial charge in [-0.25, -0.2) is 13.8 Å². The van der Waals surface area contributed by atoms with E-state index in [1.165, 1.54) is 13.0 Å². The Kier molecular flexibility index (Phi) is 3.60. The van der Waals surface area contributed by atoms with Crippen molar-refractivity contribution in [3.8, 4) is 5.69 Å². The third-order valence-electron chi connectivity index (χ3n) is 2.37. The van der Waals surface area contributed by atoms with Crippen molar-refractivity contribution in [3.63, 3.8) is 0 Å². The Balaban J connectivity index is 2.74. The van der Waals surface area contributed by atoms with Crippen molar-refractivity contribution < 1.29 is 13.2 Å². The zero-order valence-corrected chi connectivity index (χ0v) is 10.9. The van der Waals surface area contributed by atoms with Crippen molar-refractivity contribution in [2.75, 3.05) is 0 Å². The van der Waals surface area contributed by atoms with E-state index >= 15 is 0 Å². The molecule has 0 spiro atoms. The lowest BCUT2D eigenvalue weighted by atomic mass is 10.3. The van der Waals surface area contributed by atoms with Crippen LogP contribution in [-0.4, -0.2) is 14.3 Å². The second-order valence-corrected chi connectivity index (χ2v) is 4.45. The molecule has 0 fully saturated rings. The fourth-order valence-electron chi connectivity index (χ4n) is 1.58. The van der Waals surface area contributed by atoms with Crippen molar-refractivity contribution >= 4 is 23.2 Å². The Morgan fingerprint density at radius 3 is 2.42 bits per heavy atom. The van der Waals surface area contributed by atoms with E-state index in [0.717, 1.165) is 6.07 Å². The third-order valence-corrected chi connectivity index (χ3v) is 2.88. The lowest BCUT2D eigenvalue weighted by molar-refractivity contribution is 0.0640. The van der Waals surface area contributed by atoms with Gasteiger partial charge in [0.15, 0.2) is 5.82 Å². The van der Waals surface area contributed by atoms with Gasteiger partial charge < -0.3 is 0 Å². The summed E-state index contributed by atoms with van der Waals surface area (Å²) in [6, 6.07) is 2.09. The summed E-state index contributed by atoms with van der Waals surface area (Å²) in [6.07, 6.45) is 0. The van der Waals surface area contributed by atoms with Gasteiger partial charge in [-0.2, -0.15) is 13.5 Å². The number of benzene rings is 1. The van der Waals surface area contributed by atoms with E-state index < -0.39 is 23.7 Å². The lowest BCUT2D eigenvalue weighted by Crippen LogP contribution is -2.25. The average molecular weight is 312 g/mol. The first-order valence-corrected chi connectivity index (χ1v) is 5.69. The summed E-state index contributed by atoms with van der Waals surface area (Å²) in [6.45, 7) is -1.87. The maximum absolute atomic E-state index is 13.8. The van der Waals surface area contributed by atoms with E-state index in [2.05, 4.69) is 5.10 Å². The Labute approximate surface area is 115 Å². The SMILES string of the molecule is Cc1nn(-c2c(F)cc(Cl)cc2Cl)c(=O)n1C(F)F. The topological polar surface area (TPSA) is 39.8 Å². The molecular weight excluding hydrogens is 306 g/mol. The highest BCUT2D eigenvalue weighted by Gasteiger charge is 2.22. The number of alkyl halides is 2. The normalized spacial score (nSPS) is 11.3. The Bertz CT molecular complexity index is 673. The predicted octanol–water partition coefficient (Wildman–Crippen LogP) is 3.18. The van der Waals surface area contributed by atoms with Crippen LogP contribution in [0.25, 0.3) is 5.69 Å². The molecule has 0 saturated heterocycles. The maximum Gasteiger partial charge on any atom is 0.355 e. The molecule has 0 radical (unpaired) electrons. The van der Waals surface area contributed by atoms with Gasteiger partial charge in [-0.15, -0.1) is 5.10 Å². The summed E-state index contributed by atoms with van der Waals surface area (Å²) in [5.41, 5.74) is -1.60. The number of nitrogens with zero attached hydrogens (tertiary/aromatic N) is 3. The van der Waals surface area contributed by atoms with Gasteiger partial charge in [-0.1, -0.05) is 23.2 Å². The Morgan fingerprint density at radius 1 is 1.32 bits per heavy atom. The van der Waals surface area contributed by atoms with Crippen molar-refractivity contribution in [1.82, 2.24) is 14.3 Å². The third kappa shape index (κ3) is 2.35. The van der Waals surface area contributed by atoms with Crippen LogP contribution in [0.5, 0.6) is 0 Å². The molecule has 0 saturated carbocycles. The molecule has 0 bridgehead atoms. The second kappa shape index (κ2) is 4.90. The molecule has 0 amide bonds. The molecule has 2 rings (SSSR count). The molecule has 0 aliphatic carbocycles. The highest BCUT2D eigenvalue weighted by molar-refractivity contribution is 6.35. The van der Waals surface area contributed by atoms with Gasteiger partial charge in [0.2, 0.25) is 0 Å². The summed E-state index contributed by atoms with van der Waals surface area (Å²) in [5.74, 6) is -1.19. The van der Waals surface area contributed by atoms with Crippen LogP contribution < -0.4 is 5.69 Å². The molecule has 0 atom stereocenters. The van der Waals surface area contributed by atoms with E-state index in [0.29, 0.717) is 4.68 Å². The number of hydrogen-bond acceptors (Lipinski definition) is 2.